The average Bonchev–Trinajstić information content (AvgIpc) is 2.46. The van der Waals surface area contributed by atoms with Crippen LogP contribution in [0.2, 0.25) is 0 Å². The van der Waals surface area contributed by atoms with Crippen LogP contribution >= 0.6 is 15.9 Å². The van der Waals surface area contributed by atoms with Crippen LogP contribution in [0, 0.1) is 5.82 Å². The van der Waals surface area contributed by atoms with Crippen molar-refractivity contribution in [2.45, 2.75) is 4.90 Å². The first-order valence-corrected chi connectivity index (χ1v) is 8.28. The molecular weight excluding hydrogens is 377 g/mol. The maximum atomic E-state index is 13.8. The lowest BCUT2D eigenvalue weighted by Gasteiger charge is -2.12. The molecule has 22 heavy (non-hydrogen) atoms. The van der Waals surface area contributed by atoms with Crippen molar-refractivity contribution < 1.29 is 22.3 Å². The number of benzene rings is 2. The number of hydrogen-bond donors (Lipinski definition) is 1. The van der Waals surface area contributed by atoms with Gasteiger partial charge in [-0.15, -0.1) is 0 Å². The zero-order valence-electron chi connectivity index (χ0n) is 11.3. The summed E-state index contributed by atoms with van der Waals surface area (Å²) in [5.74, 6) is -1.60. The zero-order valence-corrected chi connectivity index (χ0v) is 13.7. The molecule has 0 radical (unpaired) electrons. The number of nitrogens with one attached hydrogen (secondary N) is 1. The van der Waals surface area contributed by atoms with Gasteiger partial charge in [0, 0.05) is 4.47 Å². The number of methoxy groups -OCH3 is 1. The lowest BCUT2D eigenvalue weighted by molar-refractivity contribution is 0.0602. The van der Waals surface area contributed by atoms with Gasteiger partial charge in [0.2, 0.25) is 0 Å². The van der Waals surface area contributed by atoms with Gasteiger partial charge < -0.3 is 4.74 Å². The highest BCUT2D eigenvalue weighted by molar-refractivity contribution is 9.10. The highest BCUT2D eigenvalue weighted by atomic mass is 79.9. The van der Waals surface area contributed by atoms with Gasteiger partial charge in [-0.25, -0.2) is 17.6 Å². The van der Waals surface area contributed by atoms with E-state index in [4.69, 9.17) is 0 Å². The molecular formula is C14H11BrFNO4S. The molecule has 0 saturated carbocycles. The van der Waals surface area contributed by atoms with Crippen LogP contribution in [-0.2, 0) is 14.8 Å². The summed E-state index contributed by atoms with van der Waals surface area (Å²) in [6.45, 7) is 0. The van der Waals surface area contributed by atoms with Crippen molar-refractivity contribution >= 4 is 37.6 Å². The summed E-state index contributed by atoms with van der Waals surface area (Å²) in [6, 6.07) is 9.47. The molecule has 2 aromatic carbocycles. The van der Waals surface area contributed by atoms with Crippen LogP contribution in [0.15, 0.2) is 51.8 Å². The van der Waals surface area contributed by atoms with Crippen molar-refractivity contribution in [1.29, 1.82) is 0 Å². The van der Waals surface area contributed by atoms with Crippen LogP contribution in [-0.4, -0.2) is 21.5 Å². The first kappa shape index (κ1) is 16.4. The molecule has 0 unspecified atom stereocenters. The van der Waals surface area contributed by atoms with Crippen molar-refractivity contribution in [1.82, 2.24) is 0 Å². The van der Waals surface area contributed by atoms with E-state index in [0.717, 1.165) is 12.1 Å². The van der Waals surface area contributed by atoms with E-state index in [1.165, 1.54) is 25.3 Å². The number of para-hydroxylation sites is 1. The summed E-state index contributed by atoms with van der Waals surface area (Å²) in [5.41, 5.74) is 0.0442. The minimum absolute atomic E-state index is 0.0108. The van der Waals surface area contributed by atoms with Gasteiger partial charge in [-0.1, -0.05) is 28.1 Å². The number of esters is 1. The van der Waals surface area contributed by atoms with E-state index in [1.54, 1.807) is 12.1 Å². The second-order valence-corrected chi connectivity index (χ2v) is 6.78. The lowest BCUT2D eigenvalue weighted by atomic mass is 10.2. The Morgan fingerprint density at radius 1 is 1.23 bits per heavy atom. The molecule has 0 aliphatic rings. The molecule has 0 heterocycles. The molecule has 116 valence electrons. The number of sulfonamides is 1. The number of hydrogen-bond acceptors (Lipinski definition) is 4. The first-order chi connectivity index (χ1) is 10.3. The topological polar surface area (TPSA) is 72.5 Å². The second kappa shape index (κ2) is 6.45. The summed E-state index contributed by atoms with van der Waals surface area (Å²) in [6.07, 6.45) is 0. The van der Waals surface area contributed by atoms with E-state index in [0.29, 0.717) is 4.47 Å². The van der Waals surface area contributed by atoms with Crippen LogP contribution in [0.3, 0.4) is 0 Å². The van der Waals surface area contributed by atoms with Crippen molar-refractivity contribution in [3.63, 3.8) is 0 Å². The van der Waals surface area contributed by atoms with Crippen LogP contribution in [0.25, 0.3) is 0 Å². The maximum Gasteiger partial charge on any atom is 0.339 e. The largest absolute Gasteiger partial charge is 0.465 e. The molecule has 5 nitrogen and oxygen atoms in total. The van der Waals surface area contributed by atoms with E-state index in [2.05, 4.69) is 25.4 Å². The average molecular weight is 388 g/mol. The Morgan fingerprint density at radius 3 is 2.55 bits per heavy atom. The van der Waals surface area contributed by atoms with Gasteiger partial charge in [-0.3, -0.25) is 4.72 Å². The van der Waals surface area contributed by atoms with Gasteiger partial charge in [0.05, 0.1) is 18.4 Å². The molecule has 0 bridgehead atoms. The third kappa shape index (κ3) is 3.45. The SMILES string of the molecule is COC(=O)c1ccccc1NS(=O)(=O)c1ccc(Br)cc1F. The van der Waals surface area contributed by atoms with Gasteiger partial charge in [-0.2, -0.15) is 0 Å². The van der Waals surface area contributed by atoms with Gasteiger partial charge >= 0.3 is 5.97 Å². The molecule has 1 N–H and O–H groups in total. The molecule has 0 saturated heterocycles. The molecule has 8 heteroatoms. The summed E-state index contributed by atoms with van der Waals surface area (Å²) >= 11 is 3.05. The highest BCUT2D eigenvalue weighted by Gasteiger charge is 2.22. The number of ether oxygens (including phenoxy) is 1. The molecule has 0 atom stereocenters. The van der Waals surface area contributed by atoms with Gasteiger partial charge in [-0.05, 0) is 30.3 Å². The molecule has 0 spiro atoms. The van der Waals surface area contributed by atoms with E-state index >= 15 is 0 Å². The molecule has 0 aromatic heterocycles. The van der Waals surface area contributed by atoms with Crippen molar-refractivity contribution in [2.75, 3.05) is 11.8 Å². The molecule has 0 aliphatic heterocycles. The van der Waals surface area contributed by atoms with Crippen molar-refractivity contribution in [2.24, 2.45) is 0 Å². The van der Waals surface area contributed by atoms with Crippen LogP contribution in [0.5, 0.6) is 0 Å². The minimum atomic E-state index is -4.18. The summed E-state index contributed by atoms with van der Waals surface area (Å²) in [5, 5.41) is 0. The Morgan fingerprint density at radius 2 is 1.91 bits per heavy atom. The lowest BCUT2D eigenvalue weighted by Crippen LogP contribution is -2.17. The maximum absolute atomic E-state index is 13.8. The van der Waals surface area contributed by atoms with Crippen molar-refractivity contribution in [3.8, 4) is 0 Å². The van der Waals surface area contributed by atoms with E-state index in [1.807, 2.05) is 0 Å². The molecule has 0 amide bonds. The number of carbonyl (C=O) groups excluding carboxylic acids is 1. The van der Waals surface area contributed by atoms with Crippen LogP contribution in [0.4, 0.5) is 10.1 Å². The standard InChI is InChI=1S/C14H11BrFNO4S/c1-21-14(18)10-4-2-3-5-12(10)17-22(19,20)13-7-6-9(15)8-11(13)16/h2-8,17H,1H3. The fourth-order valence-electron chi connectivity index (χ4n) is 1.75. The number of anilines is 1. The van der Waals surface area contributed by atoms with Crippen LogP contribution in [0.1, 0.15) is 10.4 Å². The summed E-state index contributed by atoms with van der Waals surface area (Å²) < 4.78 is 45.6. The first-order valence-electron chi connectivity index (χ1n) is 6.00. The van der Waals surface area contributed by atoms with Crippen LogP contribution < -0.4 is 4.72 Å². The quantitative estimate of drug-likeness (QED) is 0.817. The Kier molecular flexibility index (Phi) is 4.82. The minimum Gasteiger partial charge on any atom is -0.465 e. The monoisotopic (exact) mass is 387 g/mol. The third-order valence-electron chi connectivity index (χ3n) is 2.76. The zero-order chi connectivity index (χ0) is 16.3. The Labute approximate surface area is 135 Å². The number of carbonyl (C=O) groups is 1. The number of halogens is 2. The van der Waals surface area contributed by atoms with E-state index < -0.39 is 26.7 Å². The predicted molar refractivity (Wildman–Crippen MR) is 82.7 cm³/mol. The molecule has 2 aromatic rings. The Balaban J connectivity index is 2.44. The summed E-state index contributed by atoms with van der Waals surface area (Å²) in [7, 11) is -3.00. The third-order valence-corrected chi connectivity index (χ3v) is 4.65. The highest BCUT2D eigenvalue weighted by Crippen LogP contribution is 2.24. The normalized spacial score (nSPS) is 11.0. The Hall–Kier alpha value is -1.93. The van der Waals surface area contributed by atoms with Crippen molar-refractivity contribution in [3.05, 3.63) is 58.3 Å². The second-order valence-electron chi connectivity index (χ2n) is 4.22. The molecule has 0 aliphatic carbocycles. The van der Waals surface area contributed by atoms with Gasteiger partial charge in [0.15, 0.2) is 0 Å². The molecule has 0 fully saturated rings. The fourth-order valence-corrected chi connectivity index (χ4v) is 3.23. The Bertz CT molecular complexity index is 823. The van der Waals surface area contributed by atoms with Gasteiger partial charge in [0.1, 0.15) is 10.7 Å². The summed E-state index contributed by atoms with van der Waals surface area (Å²) in [4.78, 5) is 11.1. The predicted octanol–water partition coefficient (Wildman–Crippen LogP) is 3.18. The molecule has 2 rings (SSSR count). The van der Waals surface area contributed by atoms with Gasteiger partial charge in [0.25, 0.3) is 10.0 Å². The fraction of sp³-hybridized carbons (Fsp3) is 0.0714. The van der Waals surface area contributed by atoms with E-state index in [-0.39, 0.29) is 11.3 Å². The number of rotatable bonds is 4. The smallest absolute Gasteiger partial charge is 0.339 e. The van der Waals surface area contributed by atoms with E-state index in [9.17, 15) is 17.6 Å².